The van der Waals surface area contributed by atoms with E-state index >= 15 is 0 Å². The third-order valence-electron chi connectivity index (χ3n) is 5.59. The van der Waals surface area contributed by atoms with E-state index in [4.69, 9.17) is 16.7 Å². The van der Waals surface area contributed by atoms with Crippen LogP contribution in [0, 0.1) is 0 Å². The Morgan fingerprint density at radius 2 is 2.03 bits per heavy atom. The minimum atomic E-state index is -0.415. The van der Waals surface area contributed by atoms with E-state index < -0.39 is 6.04 Å². The average Bonchev–Trinajstić information content (AvgIpc) is 3.50. The molecule has 1 aliphatic heterocycles. The molecule has 148 valence electrons. The number of aromatic amines is 1. The molecule has 6 heterocycles. The van der Waals surface area contributed by atoms with Gasteiger partial charge in [-0.2, -0.15) is 10.2 Å². The van der Waals surface area contributed by atoms with Crippen LogP contribution in [0.1, 0.15) is 33.5 Å². The number of H-pyrrole nitrogens is 1. The van der Waals surface area contributed by atoms with Crippen molar-refractivity contribution in [2.75, 3.05) is 6.54 Å². The summed E-state index contributed by atoms with van der Waals surface area (Å²) in [6.07, 6.45) is 7.66. The van der Waals surface area contributed by atoms with E-state index in [0.29, 0.717) is 23.6 Å². The highest BCUT2D eigenvalue weighted by Crippen LogP contribution is 2.35. The highest BCUT2D eigenvalue weighted by molar-refractivity contribution is 6.33. The summed E-state index contributed by atoms with van der Waals surface area (Å²) in [6.45, 7) is 0.546. The Labute approximate surface area is 175 Å². The number of carbonyl (C=O) groups is 1. The van der Waals surface area contributed by atoms with E-state index in [1.54, 1.807) is 21.6 Å². The Kier molecular flexibility index (Phi) is 3.69. The van der Waals surface area contributed by atoms with Crippen LogP contribution >= 0.6 is 11.6 Å². The van der Waals surface area contributed by atoms with Crippen LogP contribution in [0.15, 0.2) is 61.3 Å². The van der Waals surface area contributed by atoms with Gasteiger partial charge in [-0.3, -0.25) is 4.79 Å². The van der Waals surface area contributed by atoms with Crippen LogP contribution in [0.2, 0.25) is 5.02 Å². The molecule has 1 aliphatic rings. The average molecular weight is 418 g/mol. The summed E-state index contributed by atoms with van der Waals surface area (Å²) in [6, 6.07) is 10.9. The third-order valence-corrected chi connectivity index (χ3v) is 5.91. The first-order chi connectivity index (χ1) is 14.7. The predicted octanol–water partition coefficient (Wildman–Crippen LogP) is 3.15. The summed E-state index contributed by atoms with van der Waals surface area (Å²) in [4.78, 5) is 23.2. The van der Waals surface area contributed by atoms with Gasteiger partial charge in [0.25, 0.3) is 5.91 Å². The molecule has 30 heavy (non-hydrogen) atoms. The highest BCUT2D eigenvalue weighted by Gasteiger charge is 2.37. The first-order valence-corrected chi connectivity index (χ1v) is 9.98. The van der Waals surface area contributed by atoms with Crippen molar-refractivity contribution >= 4 is 28.5 Å². The standard InChI is InChI=1S/C21H16ClN7O/c22-14-4-3-8-29-18(14)10-16(26-29)20-19-15(23-12-24-19)6-9-27(20)21(30)13-11-25-28-7-2-1-5-17(13)28/h1-5,7-8,10-12,20H,6,9H2,(H,23,24)/t20-/m1/s1. The molecule has 8 nitrogen and oxygen atoms in total. The van der Waals surface area contributed by atoms with Crippen molar-refractivity contribution in [2.45, 2.75) is 12.5 Å². The second-order valence-electron chi connectivity index (χ2n) is 7.26. The summed E-state index contributed by atoms with van der Waals surface area (Å²) >= 11 is 6.36. The quantitative estimate of drug-likeness (QED) is 0.478. The summed E-state index contributed by atoms with van der Waals surface area (Å²) in [5, 5.41) is 9.65. The number of hydrogen-bond donors (Lipinski definition) is 1. The number of nitrogens with one attached hydrogen (secondary N) is 1. The highest BCUT2D eigenvalue weighted by atomic mass is 35.5. The summed E-state index contributed by atoms with van der Waals surface area (Å²) in [5.41, 5.74) is 4.67. The Morgan fingerprint density at radius 1 is 1.13 bits per heavy atom. The van der Waals surface area contributed by atoms with Gasteiger partial charge >= 0.3 is 0 Å². The maximum Gasteiger partial charge on any atom is 0.258 e. The van der Waals surface area contributed by atoms with Gasteiger partial charge in [-0.25, -0.2) is 14.0 Å². The topological polar surface area (TPSA) is 83.6 Å². The summed E-state index contributed by atoms with van der Waals surface area (Å²) < 4.78 is 3.44. The van der Waals surface area contributed by atoms with Gasteiger partial charge in [0.1, 0.15) is 6.04 Å². The molecule has 0 saturated carbocycles. The number of pyridine rings is 2. The van der Waals surface area contributed by atoms with Gasteiger partial charge in [-0.1, -0.05) is 17.7 Å². The lowest BCUT2D eigenvalue weighted by atomic mass is 9.98. The molecule has 0 spiro atoms. The molecule has 9 heteroatoms. The van der Waals surface area contributed by atoms with Crippen molar-refractivity contribution in [3.8, 4) is 0 Å². The molecule has 0 saturated heterocycles. The van der Waals surface area contributed by atoms with Crippen molar-refractivity contribution in [3.05, 3.63) is 89.0 Å². The van der Waals surface area contributed by atoms with Crippen molar-refractivity contribution in [1.29, 1.82) is 0 Å². The van der Waals surface area contributed by atoms with Gasteiger partial charge in [0, 0.05) is 31.1 Å². The van der Waals surface area contributed by atoms with Crippen LogP contribution in [0.25, 0.3) is 11.0 Å². The van der Waals surface area contributed by atoms with Crippen molar-refractivity contribution < 1.29 is 4.79 Å². The Bertz CT molecular complexity index is 1420. The molecule has 0 radical (unpaired) electrons. The smallest absolute Gasteiger partial charge is 0.258 e. The molecule has 0 aliphatic carbocycles. The number of imidazole rings is 1. The lowest BCUT2D eigenvalue weighted by Crippen LogP contribution is -2.41. The number of rotatable bonds is 2. The van der Waals surface area contributed by atoms with Gasteiger partial charge in [-0.15, -0.1) is 0 Å². The number of fused-ring (bicyclic) bond motifs is 3. The number of amides is 1. The molecule has 1 amide bonds. The van der Waals surface area contributed by atoms with E-state index in [-0.39, 0.29) is 5.91 Å². The Balaban J connectivity index is 1.50. The summed E-state index contributed by atoms with van der Waals surface area (Å²) in [5.74, 6) is -0.0991. The molecule has 5 aromatic heterocycles. The number of hydrogen-bond acceptors (Lipinski definition) is 4. The molecule has 0 bridgehead atoms. The first-order valence-electron chi connectivity index (χ1n) is 9.60. The molecular formula is C21H16ClN7O. The lowest BCUT2D eigenvalue weighted by Gasteiger charge is -2.33. The van der Waals surface area contributed by atoms with Crippen molar-refractivity contribution in [1.82, 2.24) is 34.1 Å². The monoisotopic (exact) mass is 417 g/mol. The van der Waals surface area contributed by atoms with Gasteiger partial charge in [-0.05, 0) is 30.3 Å². The van der Waals surface area contributed by atoms with Crippen LogP contribution in [-0.4, -0.2) is 46.5 Å². The fourth-order valence-corrected chi connectivity index (χ4v) is 4.40. The SMILES string of the molecule is O=C(c1cnn2ccccc12)N1CCc2[nH]cnc2[C@H]1c1cc2c(Cl)cccn2n1. The Hall–Kier alpha value is -3.65. The fourth-order valence-electron chi connectivity index (χ4n) is 4.18. The maximum atomic E-state index is 13.6. The molecule has 5 aromatic rings. The third kappa shape index (κ3) is 2.47. The molecule has 6 rings (SSSR count). The fraction of sp³-hybridized carbons (Fsp3) is 0.143. The van der Waals surface area contributed by atoms with Crippen molar-refractivity contribution in [3.63, 3.8) is 0 Å². The zero-order chi connectivity index (χ0) is 20.2. The maximum absolute atomic E-state index is 13.6. The minimum absolute atomic E-state index is 0.0991. The van der Waals surface area contributed by atoms with Gasteiger partial charge in [0.2, 0.25) is 0 Å². The second kappa shape index (κ2) is 6.43. The number of carbonyl (C=O) groups excluding carboxylic acids is 1. The van der Waals surface area contributed by atoms with Crippen LogP contribution in [-0.2, 0) is 6.42 Å². The molecule has 0 aromatic carbocycles. The van der Waals surface area contributed by atoms with E-state index in [1.807, 2.05) is 53.7 Å². The van der Waals surface area contributed by atoms with Gasteiger partial charge in [0.05, 0.1) is 45.5 Å². The van der Waals surface area contributed by atoms with Crippen molar-refractivity contribution in [2.24, 2.45) is 0 Å². The number of aromatic nitrogens is 6. The Morgan fingerprint density at radius 3 is 2.93 bits per heavy atom. The first kappa shape index (κ1) is 17.2. The predicted molar refractivity (Wildman–Crippen MR) is 111 cm³/mol. The molecule has 1 atom stereocenters. The number of nitrogens with zero attached hydrogens (tertiary/aromatic N) is 6. The van der Waals surface area contributed by atoms with Crippen LogP contribution in [0.5, 0.6) is 0 Å². The summed E-state index contributed by atoms with van der Waals surface area (Å²) in [7, 11) is 0. The van der Waals surface area contributed by atoms with Crippen LogP contribution < -0.4 is 0 Å². The van der Waals surface area contributed by atoms with E-state index in [9.17, 15) is 4.79 Å². The normalized spacial score (nSPS) is 16.3. The van der Waals surface area contributed by atoms with E-state index in [1.165, 1.54) is 0 Å². The zero-order valence-electron chi connectivity index (χ0n) is 15.7. The number of halogens is 1. The van der Waals surface area contributed by atoms with Crippen LogP contribution in [0.3, 0.4) is 0 Å². The zero-order valence-corrected chi connectivity index (χ0v) is 16.5. The van der Waals surface area contributed by atoms with Gasteiger partial charge < -0.3 is 9.88 Å². The molecule has 0 unspecified atom stereocenters. The molecule has 1 N–H and O–H groups in total. The van der Waals surface area contributed by atoms with E-state index in [2.05, 4.69) is 15.1 Å². The largest absolute Gasteiger partial charge is 0.348 e. The lowest BCUT2D eigenvalue weighted by molar-refractivity contribution is 0.0689. The second-order valence-corrected chi connectivity index (χ2v) is 7.67. The molecular weight excluding hydrogens is 402 g/mol. The van der Waals surface area contributed by atoms with Gasteiger partial charge in [0.15, 0.2) is 0 Å². The molecule has 0 fully saturated rings. The van der Waals surface area contributed by atoms with Crippen LogP contribution in [0.4, 0.5) is 0 Å². The van der Waals surface area contributed by atoms with E-state index in [0.717, 1.165) is 28.1 Å². The minimum Gasteiger partial charge on any atom is -0.348 e.